The van der Waals surface area contributed by atoms with Gasteiger partial charge >= 0.3 is 0 Å². The van der Waals surface area contributed by atoms with Crippen molar-refractivity contribution in [1.82, 2.24) is 0 Å². The third-order valence-corrected chi connectivity index (χ3v) is 2.07. The van der Waals surface area contributed by atoms with Crippen LogP contribution >= 0.6 is 0 Å². The van der Waals surface area contributed by atoms with Crippen molar-refractivity contribution in [2.24, 2.45) is 0 Å². The molecular weight excluding hydrogens is 192 g/mol. The van der Waals surface area contributed by atoms with Crippen molar-refractivity contribution in [2.45, 2.75) is 39.5 Å². The highest BCUT2D eigenvalue weighted by Gasteiger charge is 1.74. The van der Waals surface area contributed by atoms with Gasteiger partial charge in [0.1, 0.15) is 0 Å². The molecular formula is C16H24. The summed E-state index contributed by atoms with van der Waals surface area (Å²) in [7, 11) is 0. The Bertz CT molecular complexity index is 262. The van der Waals surface area contributed by atoms with Crippen LogP contribution in [0.2, 0.25) is 0 Å². The first-order chi connectivity index (χ1) is 7.91. The van der Waals surface area contributed by atoms with E-state index in [0.717, 1.165) is 25.7 Å². The molecule has 0 saturated heterocycles. The minimum atomic E-state index is 1.03. The number of hydrogen-bond acceptors (Lipinski definition) is 0. The van der Waals surface area contributed by atoms with E-state index in [-0.39, 0.29) is 0 Å². The molecule has 0 amide bonds. The van der Waals surface area contributed by atoms with Crippen molar-refractivity contribution in [3.8, 4) is 0 Å². The van der Waals surface area contributed by atoms with Crippen molar-refractivity contribution in [3.05, 3.63) is 60.8 Å². The lowest BCUT2D eigenvalue weighted by Crippen LogP contribution is -1.64. The molecule has 0 aliphatic heterocycles. The maximum atomic E-state index is 2.24. The Kier molecular flexibility index (Phi) is 12.6. The first-order valence-corrected chi connectivity index (χ1v) is 6.10. The fraction of sp³-hybridized carbons (Fsp3) is 0.375. The van der Waals surface area contributed by atoms with Crippen LogP contribution in [0.25, 0.3) is 0 Å². The summed E-state index contributed by atoms with van der Waals surface area (Å²) >= 11 is 0. The van der Waals surface area contributed by atoms with E-state index >= 15 is 0 Å². The van der Waals surface area contributed by atoms with Crippen LogP contribution in [0.4, 0.5) is 0 Å². The van der Waals surface area contributed by atoms with Gasteiger partial charge in [-0.2, -0.15) is 0 Å². The lowest BCUT2D eigenvalue weighted by molar-refractivity contribution is 1.04. The third-order valence-electron chi connectivity index (χ3n) is 2.07. The van der Waals surface area contributed by atoms with Gasteiger partial charge in [0, 0.05) is 0 Å². The van der Waals surface area contributed by atoms with Gasteiger partial charge in [-0.25, -0.2) is 0 Å². The van der Waals surface area contributed by atoms with Crippen molar-refractivity contribution in [2.75, 3.05) is 0 Å². The topological polar surface area (TPSA) is 0 Å². The van der Waals surface area contributed by atoms with Crippen molar-refractivity contribution < 1.29 is 0 Å². The summed E-state index contributed by atoms with van der Waals surface area (Å²) in [5.74, 6) is 0. The minimum absolute atomic E-state index is 1.03. The third kappa shape index (κ3) is 12.7. The van der Waals surface area contributed by atoms with Gasteiger partial charge in [0.05, 0.1) is 0 Å². The van der Waals surface area contributed by atoms with Crippen LogP contribution in [0.15, 0.2) is 60.8 Å². The molecule has 0 heterocycles. The first kappa shape index (κ1) is 14.7. The van der Waals surface area contributed by atoms with Crippen LogP contribution in [-0.2, 0) is 0 Å². The second-order valence-electron chi connectivity index (χ2n) is 3.51. The highest BCUT2D eigenvalue weighted by Crippen LogP contribution is 1.95. The molecule has 0 aromatic heterocycles. The van der Waals surface area contributed by atoms with Crippen LogP contribution in [0.5, 0.6) is 0 Å². The minimum Gasteiger partial charge on any atom is -0.0917 e. The average molecular weight is 216 g/mol. The predicted octanol–water partition coefficient (Wildman–Crippen LogP) is 5.37. The molecule has 0 rings (SSSR count). The Balaban J connectivity index is 3.42. The van der Waals surface area contributed by atoms with Gasteiger partial charge in [-0.15, -0.1) is 0 Å². The molecule has 0 aliphatic rings. The van der Waals surface area contributed by atoms with Gasteiger partial charge in [-0.3, -0.25) is 0 Å². The Morgan fingerprint density at radius 1 is 0.562 bits per heavy atom. The number of rotatable bonds is 8. The van der Waals surface area contributed by atoms with E-state index in [1.807, 2.05) is 6.92 Å². The summed E-state index contributed by atoms with van der Waals surface area (Å²) < 4.78 is 0. The summed E-state index contributed by atoms with van der Waals surface area (Å²) in [4.78, 5) is 0. The number of allylic oxidation sites excluding steroid dienone is 10. The van der Waals surface area contributed by atoms with Crippen LogP contribution in [0, 0.1) is 0 Å². The highest BCUT2D eigenvalue weighted by molar-refractivity contribution is 5.06. The molecule has 0 unspecified atom stereocenters. The first-order valence-electron chi connectivity index (χ1n) is 6.10. The predicted molar refractivity (Wildman–Crippen MR) is 75.5 cm³/mol. The van der Waals surface area contributed by atoms with Gasteiger partial charge in [-0.1, -0.05) is 60.8 Å². The summed E-state index contributed by atoms with van der Waals surface area (Å²) in [6.07, 6.45) is 25.9. The van der Waals surface area contributed by atoms with Crippen LogP contribution in [-0.4, -0.2) is 0 Å². The van der Waals surface area contributed by atoms with E-state index in [1.165, 1.54) is 0 Å². The Hall–Kier alpha value is -1.30. The van der Waals surface area contributed by atoms with E-state index in [9.17, 15) is 0 Å². The standard InChI is InChI=1S/C16H24/c1-3-5-7-9-11-13-15-16-14-12-10-8-6-4-2/h3-6,9,11-15H,7-8,10,16H2,1-2H3/b5-3+,6-4?,11-9?,14-12?,15-13?. The Labute approximate surface area is 101 Å². The molecule has 0 saturated carbocycles. The molecule has 0 radical (unpaired) electrons. The van der Waals surface area contributed by atoms with Gasteiger partial charge in [0.2, 0.25) is 0 Å². The second-order valence-corrected chi connectivity index (χ2v) is 3.51. The molecule has 0 aliphatic carbocycles. The van der Waals surface area contributed by atoms with E-state index in [4.69, 9.17) is 0 Å². The van der Waals surface area contributed by atoms with Gasteiger partial charge in [-0.05, 0) is 39.5 Å². The van der Waals surface area contributed by atoms with Crippen molar-refractivity contribution in [1.29, 1.82) is 0 Å². The maximum Gasteiger partial charge on any atom is -0.0166 e. The van der Waals surface area contributed by atoms with E-state index in [1.54, 1.807) is 0 Å². The van der Waals surface area contributed by atoms with Crippen LogP contribution < -0.4 is 0 Å². The second kappa shape index (κ2) is 13.7. The quantitative estimate of drug-likeness (QED) is 0.291. The normalized spacial score (nSPS) is 13.4. The zero-order valence-electron chi connectivity index (χ0n) is 10.6. The fourth-order valence-electron chi connectivity index (χ4n) is 1.18. The van der Waals surface area contributed by atoms with E-state index in [0.29, 0.717) is 0 Å². The summed E-state index contributed by atoms with van der Waals surface area (Å²) in [5.41, 5.74) is 0. The monoisotopic (exact) mass is 216 g/mol. The van der Waals surface area contributed by atoms with Crippen molar-refractivity contribution >= 4 is 0 Å². The van der Waals surface area contributed by atoms with Gasteiger partial charge < -0.3 is 0 Å². The Morgan fingerprint density at radius 2 is 1.12 bits per heavy atom. The average Bonchev–Trinajstić information content (AvgIpc) is 2.31. The highest BCUT2D eigenvalue weighted by atomic mass is 13.8. The summed E-state index contributed by atoms with van der Waals surface area (Å²) in [5, 5.41) is 0. The molecule has 0 fully saturated rings. The van der Waals surface area contributed by atoms with Crippen LogP contribution in [0.1, 0.15) is 39.5 Å². The SMILES string of the molecule is CC=CCCC=CCC=CC=CC/C=C/C. The zero-order chi connectivity index (χ0) is 11.9. The molecule has 0 N–H and O–H groups in total. The lowest BCUT2D eigenvalue weighted by Gasteiger charge is -1.85. The van der Waals surface area contributed by atoms with Gasteiger partial charge in [0.15, 0.2) is 0 Å². The smallest absolute Gasteiger partial charge is 0.0166 e. The molecule has 16 heavy (non-hydrogen) atoms. The molecule has 0 aromatic carbocycles. The molecule has 88 valence electrons. The molecule has 0 atom stereocenters. The molecule has 0 aromatic rings. The van der Waals surface area contributed by atoms with Gasteiger partial charge in [0.25, 0.3) is 0 Å². The van der Waals surface area contributed by atoms with Crippen LogP contribution in [0.3, 0.4) is 0 Å². The van der Waals surface area contributed by atoms with E-state index < -0.39 is 0 Å². The molecule has 0 heteroatoms. The lowest BCUT2D eigenvalue weighted by atomic mass is 10.2. The summed E-state index contributed by atoms with van der Waals surface area (Å²) in [6.45, 7) is 4.11. The number of hydrogen-bond donors (Lipinski definition) is 0. The molecule has 0 bridgehead atoms. The number of unbranched alkanes of at least 4 members (excludes halogenated alkanes) is 1. The Morgan fingerprint density at radius 3 is 1.75 bits per heavy atom. The van der Waals surface area contributed by atoms with E-state index in [2.05, 4.69) is 67.7 Å². The zero-order valence-corrected chi connectivity index (χ0v) is 10.6. The molecule has 0 nitrogen and oxygen atoms in total. The maximum absolute atomic E-state index is 2.24. The van der Waals surface area contributed by atoms with Crippen molar-refractivity contribution in [3.63, 3.8) is 0 Å². The largest absolute Gasteiger partial charge is 0.0917 e. The summed E-state index contributed by atoms with van der Waals surface area (Å²) in [6, 6.07) is 0. The fourth-order valence-corrected chi connectivity index (χ4v) is 1.18. The molecule has 0 spiro atoms.